The van der Waals surface area contributed by atoms with E-state index >= 15 is 0 Å². The summed E-state index contributed by atoms with van der Waals surface area (Å²) in [6.45, 7) is 9.02. The Balaban J connectivity index is 3.88. The molecule has 0 rings (SSSR count). The van der Waals surface area contributed by atoms with Crippen molar-refractivity contribution < 1.29 is 0 Å². The second-order valence-electron chi connectivity index (χ2n) is 3.57. The van der Waals surface area contributed by atoms with Crippen LogP contribution in [0.25, 0.3) is 0 Å². The van der Waals surface area contributed by atoms with Gasteiger partial charge in [0.15, 0.2) is 0 Å². The third kappa shape index (κ3) is 5.31. The van der Waals surface area contributed by atoms with Gasteiger partial charge in [-0.3, -0.25) is 4.90 Å². The molecule has 0 atom stereocenters. The first kappa shape index (κ1) is 12.0. The van der Waals surface area contributed by atoms with Gasteiger partial charge in [-0.05, 0) is 20.8 Å². The SMILES string of the molecule is CC(C)(C)N(CCS)CCI. The Hall–Kier alpha value is 1.04. The monoisotopic (exact) mass is 287 g/mol. The topological polar surface area (TPSA) is 3.24 Å². The Morgan fingerprint density at radius 3 is 2.09 bits per heavy atom. The van der Waals surface area contributed by atoms with Crippen LogP contribution in [0.3, 0.4) is 0 Å². The van der Waals surface area contributed by atoms with E-state index in [0.29, 0.717) is 5.54 Å². The van der Waals surface area contributed by atoms with Crippen LogP contribution in [0, 0.1) is 0 Å². The molecule has 0 fully saturated rings. The van der Waals surface area contributed by atoms with Gasteiger partial charge in [-0.1, -0.05) is 22.6 Å². The van der Waals surface area contributed by atoms with E-state index in [1.807, 2.05) is 0 Å². The molecule has 68 valence electrons. The van der Waals surface area contributed by atoms with Crippen molar-refractivity contribution in [3.05, 3.63) is 0 Å². The molecule has 0 aliphatic rings. The highest BCUT2D eigenvalue weighted by molar-refractivity contribution is 14.1. The van der Waals surface area contributed by atoms with Gasteiger partial charge in [0.1, 0.15) is 0 Å². The van der Waals surface area contributed by atoms with E-state index in [2.05, 4.69) is 60.9 Å². The van der Waals surface area contributed by atoms with Gasteiger partial charge in [0, 0.05) is 28.8 Å². The maximum absolute atomic E-state index is 4.24. The number of nitrogens with zero attached hydrogens (tertiary/aromatic N) is 1. The van der Waals surface area contributed by atoms with Gasteiger partial charge in [0.2, 0.25) is 0 Å². The van der Waals surface area contributed by atoms with Gasteiger partial charge in [-0.25, -0.2) is 0 Å². The quantitative estimate of drug-likeness (QED) is 0.472. The summed E-state index contributed by atoms with van der Waals surface area (Å²) in [5.41, 5.74) is 0.300. The van der Waals surface area contributed by atoms with E-state index in [1.165, 1.54) is 11.0 Å². The van der Waals surface area contributed by atoms with Crippen molar-refractivity contribution in [1.29, 1.82) is 0 Å². The van der Waals surface area contributed by atoms with Crippen LogP contribution in [0.15, 0.2) is 0 Å². The lowest BCUT2D eigenvalue weighted by Gasteiger charge is -2.34. The molecule has 0 amide bonds. The van der Waals surface area contributed by atoms with Gasteiger partial charge >= 0.3 is 0 Å². The minimum Gasteiger partial charge on any atom is -0.297 e. The predicted molar refractivity (Wildman–Crippen MR) is 64.1 cm³/mol. The summed E-state index contributed by atoms with van der Waals surface area (Å²) in [6.07, 6.45) is 0. The molecule has 3 heteroatoms. The molecule has 0 spiro atoms. The molecule has 0 radical (unpaired) electrons. The minimum absolute atomic E-state index is 0.300. The van der Waals surface area contributed by atoms with Gasteiger partial charge in [0.05, 0.1) is 0 Å². The van der Waals surface area contributed by atoms with Crippen LogP contribution >= 0.6 is 35.2 Å². The maximum Gasteiger partial charge on any atom is 0.0125 e. The molecular weight excluding hydrogens is 269 g/mol. The van der Waals surface area contributed by atoms with E-state index in [1.54, 1.807) is 0 Å². The standard InChI is InChI=1S/C8H18INS/c1-8(2,3)10(5-4-9)6-7-11/h11H,4-7H2,1-3H3. The van der Waals surface area contributed by atoms with Gasteiger partial charge in [-0.15, -0.1) is 0 Å². The Bertz CT molecular complexity index is 94.8. The first-order valence-electron chi connectivity index (χ1n) is 3.94. The van der Waals surface area contributed by atoms with Crippen LogP contribution in [-0.4, -0.2) is 33.7 Å². The highest BCUT2D eigenvalue weighted by atomic mass is 127. The van der Waals surface area contributed by atoms with Crippen molar-refractivity contribution in [2.24, 2.45) is 0 Å². The van der Waals surface area contributed by atoms with Gasteiger partial charge in [0.25, 0.3) is 0 Å². The average Bonchev–Trinajstić information content (AvgIpc) is 1.85. The second kappa shape index (κ2) is 5.65. The summed E-state index contributed by atoms with van der Waals surface area (Å²) in [5.74, 6) is 0.952. The predicted octanol–water partition coefficient (Wildman–Crippen LogP) is 2.45. The zero-order valence-corrected chi connectivity index (χ0v) is 10.7. The summed E-state index contributed by atoms with van der Waals surface area (Å²) in [7, 11) is 0. The highest BCUT2D eigenvalue weighted by Crippen LogP contribution is 2.12. The Morgan fingerprint density at radius 2 is 1.82 bits per heavy atom. The fraction of sp³-hybridized carbons (Fsp3) is 1.00. The summed E-state index contributed by atoms with van der Waals surface area (Å²) in [6, 6.07) is 0. The molecule has 0 aromatic heterocycles. The molecule has 0 bridgehead atoms. The zero-order valence-electron chi connectivity index (χ0n) is 7.60. The van der Waals surface area contributed by atoms with Crippen molar-refractivity contribution in [3.63, 3.8) is 0 Å². The van der Waals surface area contributed by atoms with Crippen molar-refractivity contribution in [2.45, 2.75) is 26.3 Å². The van der Waals surface area contributed by atoms with E-state index in [4.69, 9.17) is 0 Å². The molecule has 0 aliphatic heterocycles. The van der Waals surface area contributed by atoms with Gasteiger partial charge in [-0.2, -0.15) is 12.6 Å². The number of rotatable bonds is 4. The summed E-state index contributed by atoms with van der Waals surface area (Å²) < 4.78 is 1.20. The number of hydrogen-bond donors (Lipinski definition) is 1. The van der Waals surface area contributed by atoms with Crippen LogP contribution in [0.2, 0.25) is 0 Å². The molecule has 11 heavy (non-hydrogen) atoms. The van der Waals surface area contributed by atoms with E-state index in [0.717, 1.165) is 12.3 Å². The molecule has 0 aliphatic carbocycles. The van der Waals surface area contributed by atoms with Crippen molar-refractivity contribution in [2.75, 3.05) is 23.3 Å². The molecule has 0 unspecified atom stereocenters. The molecule has 1 nitrogen and oxygen atoms in total. The zero-order chi connectivity index (χ0) is 8.91. The maximum atomic E-state index is 4.24. The van der Waals surface area contributed by atoms with Crippen molar-refractivity contribution in [1.82, 2.24) is 4.90 Å². The molecule has 0 saturated carbocycles. The highest BCUT2D eigenvalue weighted by Gasteiger charge is 2.18. The van der Waals surface area contributed by atoms with Crippen LogP contribution in [0.4, 0.5) is 0 Å². The van der Waals surface area contributed by atoms with Crippen molar-refractivity contribution in [3.8, 4) is 0 Å². The lowest BCUT2D eigenvalue weighted by Crippen LogP contribution is -2.43. The second-order valence-corrected chi connectivity index (χ2v) is 5.10. The average molecular weight is 287 g/mol. The molecule has 0 heterocycles. The summed E-state index contributed by atoms with van der Waals surface area (Å²) in [5, 5.41) is 0. The number of hydrogen-bond acceptors (Lipinski definition) is 2. The first-order chi connectivity index (χ1) is 5.02. The molecule has 0 aromatic rings. The first-order valence-corrected chi connectivity index (χ1v) is 6.10. The van der Waals surface area contributed by atoms with Crippen LogP contribution in [0.1, 0.15) is 20.8 Å². The Labute approximate surface area is 89.5 Å². The third-order valence-electron chi connectivity index (χ3n) is 1.67. The van der Waals surface area contributed by atoms with Crippen LogP contribution < -0.4 is 0 Å². The third-order valence-corrected chi connectivity index (χ3v) is 2.36. The van der Waals surface area contributed by atoms with Crippen LogP contribution in [-0.2, 0) is 0 Å². The largest absolute Gasteiger partial charge is 0.297 e. The summed E-state index contributed by atoms with van der Waals surface area (Å²) in [4.78, 5) is 2.46. The fourth-order valence-electron chi connectivity index (χ4n) is 1.01. The Kier molecular flexibility index (Phi) is 6.18. The number of halogens is 1. The fourth-order valence-corrected chi connectivity index (χ4v) is 1.83. The smallest absolute Gasteiger partial charge is 0.0125 e. The van der Waals surface area contributed by atoms with E-state index < -0.39 is 0 Å². The van der Waals surface area contributed by atoms with Crippen molar-refractivity contribution >= 4 is 35.2 Å². The minimum atomic E-state index is 0.300. The number of alkyl halides is 1. The molecule has 0 saturated heterocycles. The molecular formula is C8H18INS. The lowest BCUT2D eigenvalue weighted by molar-refractivity contribution is 0.158. The number of thiol groups is 1. The van der Waals surface area contributed by atoms with E-state index in [9.17, 15) is 0 Å². The molecule has 0 N–H and O–H groups in total. The summed E-state index contributed by atoms with van der Waals surface area (Å²) >= 11 is 6.66. The Morgan fingerprint density at radius 1 is 1.27 bits per heavy atom. The molecule has 0 aromatic carbocycles. The normalized spacial score (nSPS) is 12.5. The van der Waals surface area contributed by atoms with Gasteiger partial charge < -0.3 is 0 Å². The lowest BCUT2D eigenvalue weighted by atomic mass is 10.1. The van der Waals surface area contributed by atoms with E-state index in [-0.39, 0.29) is 0 Å². The van der Waals surface area contributed by atoms with Crippen LogP contribution in [0.5, 0.6) is 0 Å².